The fourth-order valence-corrected chi connectivity index (χ4v) is 2.83. The Labute approximate surface area is 139 Å². The highest BCUT2D eigenvalue weighted by Crippen LogP contribution is 2.36. The molecule has 0 aliphatic heterocycles. The molecule has 0 N–H and O–H groups in total. The molecular formula is C15H7Cl3F2N2. The zero-order valence-electron chi connectivity index (χ0n) is 10.8. The van der Waals surface area contributed by atoms with Gasteiger partial charge in [-0.1, -0.05) is 29.3 Å². The summed E-state index contributed by atoms with van der Waals surface area (Å²) in [6.45, 7) is 0. The highest BCUT2D eigenvalue weighted by Gasteiger charge is 2.23. The van der Waals surface area contributed by atoms with Crippen LogP contribution >= 0.6 is 34.8 Å². The Morgan fingerprint density at radius 2 is 1.45 bits per heavy atom. The van der Waals surface area contributed by atoms with E-state index < -0.39 is 11.6 Å². The van der Waals surface area contributed by atoms with Crippen LogP contribution in [0.15, 0.2) is 42.5 Å². The molecule has 0 atom stereocenters. The van der Waals surface area contributed by atoms with Gasteiger partial charge in [0.05, 0.1) is 11.3 Å². The summed E-state index contributed by atoms with van der Waals surface area (Å²) in [7, 11) is 0. The molecule has 1 heterocycles. The van der Waals surface area contributed by atoms with E-state index in [1.54, 1.807) is 24.3 Å². The van der Waals surface area contributed by atoms with E-state index in [4.69, 9.17) is 34.8 Å². The second kappa shape index (κ2) is 5.88. The Morgan fingerprint density at radius 1 is 0.864 bits per heavy atom. The van der Waals surface area contributed by atoms with Gasteiger partial charge in [0.2, 0.25) is 5.28 Å². The standard InChI is InChI=1S/C15H7Cl3F2N2/c16-8-4-6-9(7-5-8)22-13(14(17)21-15(22)18)12-10(19)2-1-3-11(12)20/h1-7H. The number of hydrogen-bond acceptors (Lipinski definition) is 1. The van der Waals surface area contributed by atoms with Crippen LogP contribution in [0.5, 0.6) is 0 Å². The molecule has 7 heteroatoms. The summed E-state index contributed by atoms with van der Waals surface area (Å²) in [5, 5.41) is 0.415. The van der Waals surface area contributed by atoms with Crippen LogP contribution < -0.4 is 0 Å². The summed E-state index contributed by atoms with van der Waals surface area (Å²) in [5.41, 5.74) is 0.290. The number of hydrogen-bond donors (Lipinski definition) is 0. The average Bonchev–Trinajstić information content (AvgIpc) is 2.75. The van der Waals surface area contributed by atoms with Crippen molar-refractivity contribution in [2.24, 2.45) is 0 Å². The van der Waals surface area contributed by atoms with Crippen molar-refractivity contribution in [1.29, 1.82) is 0 Å². The number of halogens is 5. The summed E-state index contributed by atoms with van der Waals surface area (Å²) in [6, 6.07) is 10.1. The molecule has 0 fully saturated rings. The van der Waals surface area contributed by atoms with Gasteiger partial charge < -0.3 is 0 Å². The quantitative estimate of drug-likeness (QED) is 0.567. The van der Waals surface area contributed by atoms with Crippen molar-refractivity contribution in [2.75, 3.05) is 0 Å². The first-order valence-corrected chi connectivity index (χ1v) is 7.26. The first-order valence-electron chi connectivity index (χ1n) is 6.13. The van der Waals surface area contributed by atoms with Gasteiger partial charge in [0.15, 0.2) is 5.15 Å². The highest BCUT2D eigenvalue weighted by molar-refractivity contribution is 6.34. The van der Waals surface area contributed by atoms with E-state index in [-0.39, 0.29) is 21.7 Å². The molecule has 0 amide bonds. The fraction of sp³-hybridized carbons (Fsp3) is 0. The predicted octanol–water partition coefficient (Wildman–Crippen LogP) is 5.78. The zero-order chi connectivity index (χ0) is 15.9. The molecule has 0 saturated heterocycles. The van der Waals surface area contributed by atoms with Crippen molar-refractivity contribution in [3.05, 3.63) is 69.6 Å². The maximum atomic E-state index is 14.1. The van der Waals surface area contributed by atoms with Crippen molar-refractivity contribution in [1.82, 2.24) is 9.55 Å². The van der Waals surface area contributed by atoms with Gasteiger partial charge in [-0.25, -0.2) is 13.8 Å². The molecule has 1 aromatic heterocycles. The molecule has 22 heavy (non-hydrogen) atoms. The highest BCUT2D eigenvalue weighted by atomic mass is 35.5. The topological polar surface area (TPSA) is 17.8 Å². The molecule has 0 saturated carbocycles. The molecular weight excluding hydrogens is 353 g/mol. The van der Waals surface area contributed by atoms with Crippen LogP contribution in [0.3, 0.4) is 0 Å². The lowest BCUT2D eigenvalue weighted by Crippen LogP contribution is -2.00. The van der Waals surface area contributed by atoms with Gasteiger partial charge in [-0.05, 0) is 48.0 Å². The van der Waals surface area contributed by atoms with Gasteiger partial charge in [0, 0.05) is 10.7 Å². The minimum Gasteiger partial charge on any atom is -0.281 e. The normalized spacial score (nSPS) is 11.0. The number of aromatic nitrogens is 2. The molecule has 0 aliphatic rings. The Hall–Kier alpha value is -1.62. The van der Waals surface area contributed by atoms with Gasteiger partial charge in [0.1, 0.15) is 11.6 Å². The van der Waals surface area contributed by atoms with Crippen LogP contribution in [0.2, 0.25) is 15.5 Å². The van der Waals surface area contributed by atoms with Gasteiger partial charge in [-0.2, -0.15) is 0 Å². The first kappa shape index (κ1) is 15.3. The van der Waals surface area contributed by atoms with E-state index in [9.17, 15) is 8.78 Å². The van der Waals surface area contributed by atoms with Crippen LogP contribution in [0.4, 0.5) is 8.78 Å². The van der Waals surface area contributed by atoms with Gasteiger partial charge in [0.25, 0.3) is 0 Å². The number of benzene rings is 2. The summed E-state index contributed by atoms with van der Waals surface area (Å²) in [4.78, 5) is 3.90. The van der Waals surface area contributed by atoms with E-state index in [0.717, 1.165) is 12.1 Å². The van der Waals surface area contributed by atoms with Gasteiger partial charge in [-0.15, -0.1) is 0 Å². The summed E-state index contributed by atoms with van der Waals surface area (Å²) >= 11 is 18.0. The smallest absolute Gasteiger partial charge is 0.209 e. The van der Waals surface area contributed by atoms with E-state index in [1.165, 1.54) is 10.6 Å². The third-order valence-electron chi connectivity index (χ3n) is 3.08. The molecule has 0 unspecified atom stereocenters. The van der Waals surface area contributed by atoms with E-state index in [0.29, 0.717) is 10.7 Å². The van der Waals surface area contributed by atoms with Gasteiger partial charge >= 0.3 is 0 Å². The van der Waals surface area contributed by atoms with Crippen molar-refractivity contribution in [3.8, 4) is 16.9 Å². The Bertz CT molecular complexity index is 824. The minimum atomic E-state index is -0.756. The van der Waals surface area contributed by atoms with E-state index in [1.807, 2.05) is 0 Å². The molecule has 2 aromatic carbocycles. The van der Waals surface area contributed by atoms with Crippen molar-refractivity contribution in [2.45, 2.75) is 0 Å². The second-order valence-corrected chi connectivity index (χ2v) is 5.56. The van der Waals surface area contributed by atoms with E-state index >= 15 is 0 Å². The molecule has 112 valence electrons. The largest absolute Gasteiger partial charge is 0.281 e. The molecule has 2 nitrogen and oxygen atoms in total. The predicted molar refractivity (Wildman–Crippen MR) is 83.9 cm³/mol. The lowest BCUT2D eigenvalue weighted by atomic mass is 10.1. The van der Waals surface area contributed by atoms with Crippen molar-refractivity contribution < 1.29 is 8.78 Å². The zero-order valence-corrected chi connectivity index (χ0v) is 13.1. The lowest BCUT2D eigenvalue weighted by Gasteiger charge is -2.11. The lowest BCUT2D eigenvalue weighted by molar-refractivity contribution is 0.588. The third-order valence-corrected chi connectivity index (χ3v) is 3.85. The number of rotatable bonds is 2. The second-order valence-electron chi connectivity index (χ2n) is 4.43. The van der Waals surface area contributed by atoms with Gasteiger partial charge in [-0.3, -0.25) is 4.57 Å². The Kier molecular flexibility index (Phi) is 4.08. The van der Waals surface area contributed by atoms with Crippen LogP contribution in [0.1, 0.15) is 0 Å². The molecule has 0 bridgehead atoms. The van der Waals surface area contributed by atoms with Crippen LogP contribution in [0.25, 0.3) is 16.9 Å². The fourth-order valence-electron chi connectivity index (χ4n) is 2.13. The van der Waals surface area contributed by atoms with Crippen molar-refractivity contribution in [3.63, 3.8) is 0 Å². The average molecular weight is 360 g/mol. The maximum absolute atomic E-state index is 14.1. The minimum absolute atomic E-state index is 0.00928. The first-order chi connectivity index (χ1) is 10.5. The monoisotopic (exact) mass is 358 g/mol. The molecule has 0 radical (unpaired) electrons. The van der Waals surface area contributed by atoms with Crippen LogP contribution in [0, 0.1) is 11.6 Å². The summed E-state index contributed by atoms with van der Waals surface area (Å²) in [6.07, 6.45) is 0. The summed E-state index contributed by atoms with van der Waals surface area (Å²) < 4.78 is 29.5. The van der Waals surface area contributed by atoms with Crippen LogP contribution in [-0.4, -0.2) is 9.55 Å². The Morgan fingerprint density at radius 3 is 2.05 bits per heavy atom. The third kappa shape index (κ3) is 2.58. The molecule has 0 aliphatic carbocycles. The molecule has 3 aromatic rings. The van der Waals surface area contributed by atoms with Crippen molar-refractivity contribution >= 4 is 34.8 Å². The summed E-state index contributed by atoms with van der Waals surface area (Å²) in [5.74, 6) is -1.51. The van der Waals surface area contributed by atoms with E-state index in [2.05, 4.69) is 4.98 Å². The molecule has 0 spiro atoms. The molecule has 3 rings (SSSR count). The maximum Gasteiger partial charge on any atom is 0.209 e. The Balaban J connectivity index is 2.32. The SMILES string of the molecule is Fc1cccc(F)c1-c1c(Cl)nc(Cl)n1-c1ccc(Cl)cc1. The van der Waals surface area contributed by atoms with Crippen LogP contribution in [-0.2, 0) is 0 Å². The number of nitrogens with zero attached hydrogens (tertiary/aromatic N) is 2. The number of imidazole rings is 1.